The normalized spacial score (nSPS) is 17.9. The number of thioether (sulfide) groups is 1. The molecule has 1 fully saturated rings. The fourth-order valence-electron chi connectivity index (χ4n) is 5.49. The van der Waals surface area contributed by atoms with Crippen LogP contribution in [-0.4, -0.2) is 47.2 Å². The second kappa shape index (κ2) is 12.4. The molecule has 41 heavy (non-hydrogen) atoms. The van der Waals surface area contributed by atoms with Gasteiger partial charge in [-0.2, -0.15) is 0 Å². The van der Waals surface area contributed by atoms with Gasteiger partial charge in [0.15, 0.2) is 11.4 Å². The zero-order valence-electron chi connectivity index (χ0n) is 25.6. The molecule has 0 saturated carbocycles. The van der Waals surface area contributed by atoms with Gasteiger partial charge in [0.1, 0.15) is 11.4 Å². The highest BCUT2D eigenvalue weighted by Crippen LogP contribution is 2.39. The summed E-state index contributed by atoms with van der Waals surface area (Å²) < 4.78 is 11.9. The number of carbonyl (C=O) groups excluding carboxylic acids is 2. The van der Waals surface area contributed by atoms with Crippen LogP contribution in [0.4, 0.5) is 0 Å². The lowest BCUT2D eigenvalue weighted by Crippen LogP contribution is -2.43. The van der Waals surface area contributed by atoms with Crippen molar-refractivity contribution in [3.63, 3.8) is 0 Å². The Kier molecular flexibility index (Phi) is 9.35. The molecule has 2 atom stereocenters. The molecule has 0 bridgehead atoms. The van der Waals surface area contributed by atoms with E-state index in [0.717, 1.165) is 40.2 Å². The van der Waals surface area contributed by atoms with Crippen LogP contribution in [0.25, 0.3) is 0 Å². The maximum atomic E-state index is 13.9. The molecule has 1 heterocycles. The van der Waals surface area contributed by atoms with Gasteiger partial charge in [0.2, 0.25) is 0 Å². The number of nitrogens with zero attached hydrogens (tertiary/aromatic N) is 1. The average molecular weight is 574 g/mol. The molecule has 0 aromatic heterocycles. The molecule has 4 rings (SSSR count). The second-order valence-corrected chi connectivity index (χ2v) is 13.5. The van der Waals surface area contributed by atoms with Gasteiger partial charge in [-0.1, -0.05) is 54.6 Å². The van der Waals surface area contributed by atoms with Gasteiger partial charge >= 0.3 is 5.97 Å². The summed E-state index contributed by atoms with van der Waals surface area (Å²) in [6.07, 6.45) is 2.04. The summed E-state index contributed by atoms with van der Waals surface area (Å²) in [5, 5.41) is 0. The van der Waals surface area contributed by atoms with Gasteiger partial charge in [0.25, 0.3) is 0 Å². The molecule has 0 radical (unpaired) electrons. The predicted octanol–water partition coefficient (Wildman–Crippen LogP) is 7.62. The van der Waals surface area contributed by atoms with E-state index in [1.807, 2.05) is 71.2 Å². The van der Waals surface area contributed by atoms with Crippen LogP contribution in [0.3, 0.4) is 0 Å². The Bertz CT molecular complexity index is 1350. The highest BCUT2D eigenvalue weighted by molar-refractivity contribution is 7.98. The third kappa shape index (κ3) is 7.60. The fourth-order valence-corrected chi connectivity index (χ4v) is 5.89. The number of ketones is 1. The van der Waals surface area contributed by atoms with Crippen LogP contribution >= 0.6 is 11.8 Å². The van der Waals surface area contributed by atoms with E-state index in [1.165, 1.54) is 5.56 Å². The molecule has 6 heteroatoms. The van der Waals surface area contributed by atoms with E-state index in [2.05, 4.69) is 41.3 Å². The summed E-state index contributed by atoms with van der Waals surface area (Å²) >= 11 is 1.67. The summed E-state index contributed by atoms with van der Waals surface area (Å²) in [5.74, 6) is 0.330. The van der Waals surface area contributed by atoms with Gasteiger partial charge in [-0.25, -0.2) is 4.79 Å². The lowest BCUT2D eigenvalue weighted by Gasteiger charge is -2.30. The Morgan fingerprint density at radius 3 is 2.07 bits per heavy atom. The first-order valence-corrected chi connectivity index (χ1v) is 15.5. The number of benzene rings is 3. The van der Waals surface area contributed by atoms with Crippen LogP contribution in [0, 0.1) is 19.8 Å². The van der Waals surface area contributed by atoms with E-state index >= 15 is 0 Å². The molecule has 0 amide bonds. The van der Waals surface area contributed by atoms with E-state index in [4.69, 9.17) is 9.47 Å². The van der Waals surface area contributed by atoms with Crippen molar-refractivity contribution in [1.82, 2.24) is 4.90 Å². The molecule has 5 nitrogen and oxygen atoms in total. The Morgan fingerprint density at radius 2 is 1.51 bits per heavy atom. The smallest absolute Gasteiger partial charge is 0.350 e. The van der Waals surface area contributed by atoms with E-state index < -0.39 is 17.2 Å². The zero-order valence-corrected chi connectivity index (χ0v) is 26.4. The summed E-state index contributed by atoms with van der Waals surface area (Å²) in [7, 11) is 0. The number of carbonyl (C=O) groups is 2. The molecule has 218 valence electrons. The van der Waals surface area contributed by atoms with Crippen molar-refractivity contribution in [2.45, 2.75) is 77.0 Å². The Hall–Kier alpha value is -3.09. The summed E-state index contributed by atoms with van der Waals surface area (Å²) in [6.45, 7) is 15.3. The van der Waals surface area contributed by atoms with Crippen molar-refractivity contribution in [1.29, 1.82) is 0 Å². The number of ether oxygens (including phenoxy) is 2. The SMILES string of the molecule is CSc1ccc(C(=O)[C@H]2CN(Cc3ccccc3)CC2c2cc(C)c(OC(C)(C)C(=O)OC(C)(C)C)c(C)c2)cc1. The van der Waals surface area contributed by atoms with Gasteiger partial charge in [-0.05, 0) is 89.1 Å². The number of Topliss-reactive ketones (excluding diaryl/α,β-unsaturated/α-hetero) is 1. The van der Waals surface area contributed by atoms with Crippen LogP contribution in [0.1, 0.15) is 73.1 Å². The Morgan fingerprint density at radius 1 is 0.902 bits per heavy atom. The van der Waals surface area contributed by atoms with Gasteiger partial charge in [-0.15, -0.1) is 11.8 Å². The van der Waals surface area contributed by atoms with Crippen LogP contribution in [0.2, 0.25) is 0 Å². The van der Waals surface area contributed by atoms with Crippen molar-refractivity contribution >= 4 is 23.5 Å². The molecule has 3 aromatic carbocycles. The number of likely N-dealkylation sites (tertiary alicyclic amines) is 1. The third-order valence-electron chi connectivity index (χ3n) is 7.51. The first-order valence-electron chi connectivity index (χ1n) is 14.3. The molecule has 1 aliphatic heterocycles. The molecular weight excluding hydrogens is 530 g/mol. The lowest BCUT2D eigenvalue weighted by molar-refractivity contribution is -0.171. The molecule has 0 N–H and O–H groups in total. The van der Waals surface area contributed by atoms with Gasteiger partial charge < -0.3 is 9.47 Å². The second-order valence-electron chi connectivity index (χ2n) is 12.6. The number of rotatable bonds is 9. The largest absolute Gasteiger partial charge is 0.476 e. The third-order valence-corrected chi connectivity index (χ3v) is 8.26. The molecule has 0 spiro atoms. The highest BCUT2D eigenvalue weighted by Gasteiger charge is 2.40. The number of hydrogen-bond acceptors (Lipinski definition) is 6. The molecule has 1 saturated heterocycles. The van der Waals surface area contributed by atoms with Crippen molar-refractivity contribution < 1.29 is 19.1 Å². The van der Waals surface area contributed by atoms with Crippen molar-refractivity contribution in [3.05, 3.63) is 94.5 Å². The minimum Gasteiger partial charge on any atom is -0.476 e. The van der Waals surface area contributed by atoms with Crippen molar-refractivity contribution in [2.24, 2.45) is 5.92 Å². The Balaban J connectivity index is 1.63. The Labute approximate surface area is 249 Å². The first kappa shape index (κ1) is 30.9. The maximum Gasteiger partial charge on any atom is 0.350 e. The topological polar surface area (TPSA) is 55.8 Å². The number of aryl methyl sites for hydroxylation is 2. The number of esters is 1. The van der Waals surface area contributed by atoms with E-state index in [9.17, 15) is 9.59 Å². The maximum absolute atomic E-state index is 13.9. The number of hydrogen-bond donors (Lipinski definition) is 0. The van der Waals surface area contributed by atoms with E-state index in [0.29, 0.717) is 12.3 Å². The van der Waals surface area contributed by atoms with E-state index in [1.54, 1.807) is 25.6 Å². The van der Waals surface area contributed by atoms with Crippen LogP contribution in [0.15, 0.2) is 71.6 Å². The van der Waals surface area contributed by atoms with Crippen LogP contribution < -0.4 is 4.74 Å². The van der Waals surface area contributed by atoms with Crippen LogP contribution in [0.5, 0.6) is 5.75 Å². The molecule has 0 aliphatic carbocycles. The van der Waals surface area contributed by atoms with Crippen molar-refractivity contribution in [3.8, 4) is 5.75 Å². The fraction of sp³-hybridized carbons (Fsp3) is 0.429. The standard InChI is InChI=1S/C35H43NO4S/c1-23-18-27(19-24(2)32(23)39-35(6,7)33(38)40-34(3,4)5)29-21-36(20-25-12-10-9-11-13-25)22-30(29)31(37)26-14-16-28(41-8)17-15-26/h9-19,29-30H,20-22H2,1-8H3/t29?,30-/m0/s1. The molecule has 1 unspecified atom stereocenters. The van der Waals surface area contributed by atoms with E-state index in [-0.39, 0.29) is 17.6 Å². The summed E-state index contributed by atoms with van der Waals surface area (Å²) in [5.41, 5.74) is 3.25. The van der Waals surface area contributed by atoms with Crippen LogP contribution in [-0.2, 0) is 16.1 Å². The minimum absolute atomic E-state index is 0.0387. The molecular formula is C35H43NO4S. The average Bonchev–Trinajstić information content (AvgIpc) is 3.33. The highest BCUT2D eigenvalue weighted by atomic mass is 32.2. The summed E-state index contributed by atoms with van der Waals surface area (Å²) in [4.78, 5) is 30.3. The first-order chi connectivity index (χ1) is 19.3. The monoisotopic (exact) mass is 573 g/mol. The minimum atomic E-state index is -1.15. The lowest BCUT2D eigenvalue weighted by atomic mass is 9.82. The van der Waals surface area contributed by atoms with Crippen molar-refractivity contribution in [2.75, 3.05) is 19.3 Å². The molecule has 3 aromatic rings. The van der Waals surface area contributed by atoms with Gasteiger partial charge in [0.05, 0.1) is 0 Å². The van der Waals surface area contributed by atoms with Gasteiger partial charge in [0, 0.05) is 41.9 Å². The quantitative estimate of drug-likeness (QED) is 0.149. The predicted molar refractivity (Wildman–Crippen MR) is 167 cm³/mol. The van der Waals surface area contributed by atoms with Gasteiger partial charge in [-0.3, -0.25) is 9.69 Å². The summed E-state index contributed by atoms with van der Waals surface area (Å²) in [6, 6.07) is 22.6. The molecule has 1 aliphatic rings. The zero-order chi connectivity index (χ0) is 29.9.